The molecule has 1 N–H and O–H groups in total. The Kier molecular flexibility index (Phi) is 10.0. The number of nitrogens with zero attached hydrogens (tertiary/aromatic N) is 4. The second-order valence-electron chi connectivity index (χ2n) is 5.93. The van der Waals surface area contributed by atoms with Gasteiger partial charge in [-0.05, 0) is 48.2 Å². The van der Waals surface area contributed by atoms with E-state index in [9.17, 15) is 0 Å². The molecule has 0 atom stereocenters. The average molecular weight is 540 g/mol. The zero-order valence-electron chi connectivity index (χ0n) is 15.3. The molecule has 0 radical (unpaired) electrons. The van der Waals surface area contributed by atoms with E-state index in [1.807, 2.05) is 14.0 Å². The van der Waals surface area contributed by atoms with Crippen molar-refractivity contribution < 1.29 is 0 Å². The highest BCUT2D eigenvalue weighted by atomic mass is 127. The van der Waals surface area contributed by atoms with Gasteiger partial charge in [0.1, 0.15) is 0 Å². The molecule has 2 rings (SSSR count). The summed E-state index contributed by atoms with van der Waals surface area (Å²) in [5, 5.41) is 6.80. The molecule has 0 aromatic carbocycles. The van der Waals surface area contributed by atoms with Gasteiger partial charge in [-0.3, -0.25) is 4.99 Å². The SMILES string of the molecule is CN=C(NCCCCc1nc(C)cs1)N(C)Cc1cc(Br)cn1C.I. The van der Waals surface area contributed by atoms with E-state index in [4.69, 9.17) is 0 Å². The Balaban J connectivity index is 0.00000312. The molecule has 0 aliphatic rings. The van der Waals surface area contributed by atoms with Crippen molar-refractivity contribution in [2.45, 2.75) is 32.7 Å². The van der Waals surface area contributed by atoms with Crippen LogP contribution < -0.4 is 5.32 Å². The van der Waals surface area contributed by atoms with Crippen molar-refractivity contribution in [3.05, 3.63) is 38.5 Å². The van der Waals surface area contributed by atoms with Crippen molar-refractivity contribution in [2.75, 3.05) is 20.6 Å². The number of aryl methyl sites for hydroxylation is 3. The lowest BCUT2D eigenvalue weighted by Gasteiger charge is -2.22. The van der Waals surface area contributed by atoms with Gasteiger partial charge < -0.3 is 14.8 Å². The summed E-state index contributed by atoms with van der Waals surface area (Å²) in [5.41, 5.74) is 2.37. The summed E-state index contributed by atoms with van der Waals surface area (Å²) in [5.74, 6) is 0.928. The lowest BCUT2D eigenvalue weighted by molar-refractivity contribution is 0.460. The van der Waals surface area contributed by atoms with Crippen LogP contribution in [0.2, 0.25) is 0 Å². The van der Waals surface area contributed by atoms with Gasteiger partial charge in [-0.1, -0.05) is 0 Å². The Morgan fingerprint density at radius 1 is 1.44 bits per heavy atom. The van der Waals surface area contributed by atoms with Gasteiger partial charge in [0.05, 0.1) is 11.6 Å². The van der Waals surface area contributed by atoms with E-state index in [0.717, 1.165) is 48.5 Å². The predicted molar refractivity (Wildman–Crippen MR) is 121 cm³/mol. The number of unbranched alkanes of at least 4 members (excludes halogenated alkanes) is 1. The Bertz CT molecular complexity index is 682. The largest absolute Gasteiger partial charge is 0.356 e. The number of nitrogens with one attached hydrogen (secondary N) is 1. The monoisotopic (exact) mass is 539 g/mol. The number of aliphatic imine (C=N–C) groups is 1. The van der Waals surface area contributed by atoms with Crippen molar-refractivity contribution in [1.82, 2.24) is 19.8 Å². The van der Waals surface area contributed by atoms with Crippen LogP contribution in [0.5, 0.6) is 0 Å². The molecule has 25 heavy (non-hydrogen) atoms. The van der Waals surface area contributed by atoms with Gasteiger partial charge in [-0.2, -0.15) is 0 Å². The van der Waals surface area contributed by atoms with Crippen molar-refractivity contribution in [1.29, 1.82) is 0 Å². The summed E-state index contributed by atoms with van der Waals surface area (Å²) in [6.45, 7) is 3.80. The van der Waals surface area contributed by atoms with E-state index >= 15 is 0 Å². The molecule has 2 aromatic rings. The van der Waals surface area contributed by atoms with Crippen LogP contribution >= 0.6 is 51.2 Å². The minimum atomic E-state index is 0. The van der Waals surface area contributed by atoms with E-state index in [-0.39, 0.29) is 24.0 Å². The standard InChI is InChI=1S/C17H26BrN5S.HI/c1-13-12-24-16(21-13)7-5-6-8-20-17(19-2)23(4)11-15-9-14(18)10-22(15)3;/h9-10,12H,5-8,11H2,1-4H3,(H,19,20);1H. The second kappa shape index (κ2) is 11.2. The first-order valence-corrected chi connectivity index (χ1v) is 9.80. The minimum absolute atomic E-state index is 0. The zero-order valence-corrected chi connectivity index (χ0v) is 20.0. The molecule has 0 amide bonds. The lowest BCUT2D eigenvalue weighted by atomic mass is 10.2. The summed E-state index contributed by atoms with van der Waals surface area (Å²) in [4.78, 5) is 11.0. The quantitative estimate of drug-likeness (QED) is 0.248. The van der Waals surface area contributed by atoms with Gasteiger partial charge in [-0.15, -0.1) is 35.3 Å². The lowest BCUT2D eigenvalue weighted by Crippen LogP contribution is -2.39. The summed E-state index contributed by atoms with van der Waals surface area (Å²) in [6, 6.07) is 2.14. The van der Waals surface area contributed by atoms with Gasteiger partial charge in [0.2, 0.25) is 0 Å². The molecule has 0 saturated heterocycles. The van der Waals surface area contributed by atoms with Gasteiger partial charge in [-0.25, -0.2) is 4.98 Å². The molecular weight excluding hydrogens is 513 g/mol. The molecule has 0 aliphatic carbocycles. The Labute approximate surface area is 180 Å². The number of thiazole rings is 1. The van der Waals surface area contributed by atoms with Crippen LogP contribution in [0.1, 0.15) is 29.2 Å². The Hall–Kier alpha value is -0.610. The van der Waals surface area contributed by atoms with E-state index in [0.29, 0.717) is 0 Å². The fourth-order valence-corrected chi connectivity index (χ4v) is 3.93. The highest BCUT2D eigenvalue weighted by Crippen LogP contribution is 2.15. The molecular formula is C17H27BrIN5S. The van der Waals surface area contributed by atoms with Crippen LogP contribution in [-0.4, -0.2) is 41.1 Å². The molecule has 0 bridgehead atoms. The summed E-state index contributed by atoms with van der Waals surface area (Å²) < 4.78 is 3.23. The average Bonchev–Trinajstić information content (AvgIpc) is 3.08. The first kappa shape index (κ1) is 22.4. The maximum absolute atomic E-state index is 4.50. The molecule has 0 aliphatic heterocycles. The number of guanidine groups is 1. The predicted octanol–water partition coefficient (Wildman–Crippen LogP) is 4.20. The maximum atomic E-state index is 4.50. The van der Waals surface area contributed by atoms with Gasteiger partial charge in [0.15, 0.2) is 5.96 Å². The smallest absolute Gasteiger partial charge is 0.193 e. The topological polar surface area (TPSA) is 45.5 Å². The third-order valence-electron chi connectivity index (χ3n) is 3.81. The number of hydrogen-bond donors (Lipinski definition) is 1. The maximum Gasteiger partial charge on any atom is 0.193 e. The number of rotatable bonds is 7. The fraction of sp³-hybridized carbons (Fsp3) is 0.529. The third kappa shape index (κ3) is 7.26. The Morgan fingerprint density at radius 2 is 2.20 bits per heavy atom. The van der Waals surface area contributed by atoms with E-state index < -0.39 is 0 Å². The highest BCUT2D eigenvalue weighted by molar-refractivity contribution is 14.0. The molecule has 5 nitrogen and oxygen atoms in total. The molecule has 0 fully saturated rings. The van der Waals surface area contributed by atoms with Gasteiger partial charge in [0.25, 0.3) is 0 Å². The number of aromatic nitrogens is 2. The van der Waals surface area contributed by atoms with E-state index in [1.165, 1.54) is 10.7 Å². The summed E-state index contributed by atoms with van der Waals surface area (Å²) in [6.07, 6.45) is 5.39. The third-order valence-corrected chi connectivity index (χ3v) is 5.27. The molecule has 2 heterocycles. The normalized spacial score (nSPS) is 11.3. The summed E-state index contributed by atoms with van der Waals surface area (Å²) in [7, 11) is 5.96. The van der Waals surface area contributed by atoms with Gasteiger partial charge in [0, 0.05) is 55.1 Å². The van der Waals surface area contributed by atoms with Crippen LogP contribution in [0, 0.1) is 6.92 Å². The molecule has 8 heteroatoms. The van der Waals surface area contributed by atoms with Crippen molar-refractivity contribution >= 4 is 57.2 Å². The Morgan fingerprint density at radius 3 is 2.76 bits per heavy atom. The first-order chi connectivity index (χ1) is 11.5. The van der Waals surface area contributed by atoms with Crippen LogP contribution in [-0.2, 0) is 20.0 Å². The van der Waals surface area contributed by atoms with Gasteiger partial charge >= 0.3 is 0 Å². The van der Waals surface area contributed by atoms with Crippen molar-refractivity contribution in [3.8, 4) is 0 Å². The second-order valence-corrected chi connectivity index (χ2v) is 7.79. The molecule has 0 unspecified atom stereocenters. The zero-order chi connectivity index (χ0) is 17.5. The molecule has 140 valence electrons. The first-order valence-electron chi connectivity index (χ1n) is 8.13. The van der Waals surface area contributed by atoms with Crippen LogP contribution in [0.4, 0.5) is 0 Å². The van der Waals surface area contributed by atoms with Crippen LogP contribution in [0.25, 0.3) is 0 Å². The summed E-state index contributed by atoms with van der Waals surface area (Å²) >= 11 is 5.28. The number of hydrogen-bond acceptors (Lipinski definition) is 3. The van der Waals surface area contributed by atoms with Crippen LogP contribution in [0.3, 0.4) is 0 Å². The molecule has 2 aromatic heterocycles. The van der Waals surface area contributed by atoms with Crippen molar-refractivity contribution in [2.24, 2.45) is 12.0 Å². The highest BCUT2D eigenvalue weighted by Gasteiger charge is 2.09. The fourth-order valence-electron chi connectivity index (χ4n) is 2.54. The van der Waals surface area contributed by atoms with E-state index in [1.54, 1.807) is 11.3 Å². The molecule has 0 spiro atoms. The van der Waals surface area contributed by atoms with Crippen molar-refractivity contribution in [3.63, 3.8) is 0 Å². The van der Waals surface area contributed by atoms with E-state index in [2.05, 4.69) is 72.4 Å². The minimum Gasteiger partial charge on any atom is -0.356 e. The van der Waals surface area contributed by atoms with Crippen LogP contribution in [0.15, 0.2) is 27.1 Å². The molecule has 0 saturated carbocycles. The number of halogens is 2.